The third kappa shape index (κ3) is 4.62. The Kier molecular flexibility index (Phi) is 6.28. The summed E-state index contributed by atoms with van der Waals surface area (Å²) in [7, 11) is 0. The highest BCUT2D eigenvalue weighted by Gasteiger charge is 2.18. The van der Waals surface area contributed by atoms with E-state index in [1.54, 1.807) is 6.20 Å². The summed E-state index contributed by atoms with van der Waals surface area (Å²) in [5, 5.41) is 2.95. The number of pyridine rings is 1. The molecule has 0 spiro atoms. The van der Waals surface area contributed by atoms with Gasteiger partial charge in [-0.25, -0.2) is 9.97 Å². The Hall–Kier alpha value is -2.93. The van der Waals surface area contributed by atoms with Gasteiger partial charge in [0.25, 0.3) is 5.91 Å². The standard InChI is InChI=1S/C23H30N6O/c1-17-7-5-9-20(18(17)2)29-15-13-28(14-16-29)12-4-3-10-25-23(30)22-26-19-8-6-11-24-21(19)27-22/h5-9,11H,3-4,10,12-16H2,1-2H3,(H,25,30)(H,24,26,27). The molecule has 1 fully saturated rings. The van der Waals surface area contributed by atoms with Crippen molar-refractivity contribution >= 4 is 22.8 Å². The number of nitrogens with zero attached hydrogens (tertiary/aromatic N) is 4. The van der Waals surface area contributed by atoms with Crippen LogP contribution in [0.2, 0.25) is 0 Å². The first-order valence-corrected chi connectivity index (χ1v) is 10.7. The number of aromatic nitrogens is 3. The molecule has 3 heterocycles. The van der Waals surface area contributed by atoms with Crippen molar-refractivity contribution in [2.45, 2.75) is 26.7 Å². The number of nitrogens with one attached hydrogen (secondary N) is 2. The zero-order chi connectivity index (χ0) is 20.9. The lowest BCUT2D eigenvalue weighted by Crippen LogP contribution is -2.47. The molecule has 1 aliphatic heterocycles. The number of carbonyl (C=O) groups is 1. The average Bonchev–Trinajstić information content (AvgIpc) is 3.20. The number of amides is 1. The van der Waals surface area contributed by atoms with Crippen molar-refractivity contribution in [1.82, 2.24) is 25.2 Å². The molecule has 0 bridgehead atoms. The van der Waals surface area contributed by atoms with Gasteiger partial charge < -0.3 is 15.2 Å². The lowest BCUT2D eigenvalue weighted by Gasteiger charge is -2.37. The Bertz CT molecular complexity index is 973. The molecule has 7 heteroatoms. The summed E-state index contributed by atoms with van der Waals surface area (Å²) in [6.07, 6.45) is 3.71. The average molecular weight is 407 g/mol. The van der Waals surface area contributed by atoms with Crippen LogP contribution in [0.1, 0.15) is 34.6 Å². The van der Waals surface area contributed by atoms with Gasteiger partial charge in [0.15, 0.2) is 11.5 Å². The molecule has 1 aromatic carbocycles. The van der Waals surface area contributed by atoms with Crippen molar-refractivity contribution in [3.05, 3.63) is 53.5 Å². The van der Waals surface area contributed by atoms with Gasteiger partial charge in [-0.3, -0.25) is 9.69 Å². The van der Waals surface area contributed by atoms with Crippen molar-refractivity contribution in [2.75, 3.05) is 44.2 Å². The second-order valence-electron chi connectivity index (χ2n) is 7.97. The first-order valence-electron chi connectivity index (χ1n) is 10.7. The monoisotopic (exact) mass is 406 g/mol. The highest BCUT2D eigenvalue weighted by atomic mass is 16.2. The Labute approximate surface area is 177 Å². The largest absolute Gasteiger partial charge is 0.369 e. The van der Waals surface area contributed by atoms with E-state index in [9.17, 15) is 4.79 Å². The molecule has 0 aliphatic carbocycles. The van der Waals surface area contributed by atoms with Crippen LogP contribution in [0.15, 0.2) is 36.5 Å². The number of H-pyrrole nitrogens is 1. The number of imidazole rings is 1. The third-order valence-electron chi connectivity index (χ3n) is 5.95. The second-order valence-corrected chi connectivity index (χ2v) is 7.97. The molecule has 0 saturated carbocycles. The van der Waals surface area contributed by atoms with E-state index >= 15 is 0 Å². The van der Waals surface area contributed by atoms with Crippen LogP contribution in [0.5, 0.6) is 0 Å². The molecule has 1 saturated heterocycles. The molecule has 7 nitrogen and oxygen atoms in total. The molecule has 0 atom stereocenters. The van der Waals surface area contributed by atoms with E-state index in [0.29, 0.717) is 18.0 Å². The van der Waals surface area contributed by atoms with Gasteiger partial charge in [-0.15, -0.1) is 0 Å². The van der Waals surface area contributed by atoms with Gasteiger partial charge in [0.1, 0.15) is 0 Å². The van der Waals surface area contributed by atoms with Gasteiger partial charge >= 0.3 is 0 Å². The molecular weight excluding hydrogens is 376 g/mol. The topological polar surface area (TPSA) is 77.2 Å². The Morgan fingerprint density at radius 1 is 1.10 bits per heavy atom. The molecule has 4 rings (SSSR count). The van der Waals surface area contributed by atoms with E-state index in [-0.39, 0.29) is 5.91 Å². The molecule has 1 aliphatic rings. The predicted molar refractivity (Wildman–Crippen MR) is 120 cm³/mol. The molecule has 1 amide bonds. The minimum absolute atomic E-state index is 0.171. The molecule has 2 N–H and O–H groups in total. The summed E-state index contributed by atoms with van der Waals surface area (Å²) in [5.41, 5.74) is 5.47. The van der Waals surface area contributed by atoms with Crippen LogP contribution in [-0.2, 0) is 0 Å². The number of rotatable bonds is 7. The summed E-state index contributed by atoms with van der Waals surface area (Å²) in [4.78, 5) is 28.7. The molecule has 0 unspecified atom stereocenters. The van der Waals surface area contributed by atoms with Crippen LogP contribution in [0.3, 0.4) is 0 Å². The Morgan fingerprint density at radius 2 is 1.93 bits per heavy atom. The number of anilines is 1. The Morgan fingerprint density at radius 3 is 2.73 bits per heavy atom. The third-order valence-corrected chi connectivity index (χ3v) is 5.95. The van der Waals surface area contributed by atoms with Gasteiger partial charge in [-0.05, 0) is 62.6 Å². The smallest absolute Gasteiger partial charge is 0.287 e. The minimum atomic E-state index is -0.171. The molecule has 3 aromatic rings. The van der Waals surface area contributed by atoms with Crippen LogP contribution in [0.25, 0.3) is 11.2 Å². The van der Waals surface area contributed by atoms with Crippen molar-refractivity contribution in [3.8, 4) is 0 Å². The number of unbranched alkanes of at least 4 members (excludes halogenated alkanes) is 1. The summed E-state index contributed by atoms with van der Waals surface area (Å²) >= 11 is 0. The van der Waals surface area contributed by atoms with Crippen LogP contribution >= 0.6 is 0 Å². The van der Waals surface area contributed by atoms with Crippen LogP contribution in [0, 0.1) is 13.8 Å². The highest BCUT2D eigenvalue weighted by molar-refractivity contribution is 5.93. The fourth-order valence-corrected chi connectivity index (χ4v) is 3.99. The van der Waals surface area contributed by atoms with Crippen LogP contribution in [-0.4, -0.2) is 65.0 Å². The van der Waals surface area contributed by atoms with E-state index in [2.05, 4.69) is 62.1 Å². The summed E-state index contributed by atoms with van der Waals surface area (Å²) in [6, 6.07) is 10.3. The van der Waals surface area contributed by atoms with E-state index in [1.165, 1.54) is 16.8 Å². The number of hydrogen-bond acceptors (Lipinski definition) is 5. The van der Waals surface area contributed by atoms with E-state index in [0.717, 1.165) is 51.1 Å². The van der Waals surface area contributed by atoms with Crippen LogP contribution < -0.4 is 10.2 Å². The number of aromatic amines is 1. The summed E-state index contributed by atoms with van der Waals surface area (Å²) < 4.78 is 0. The van der Waals surface area contributed by atoms with Gasteiger partial charge in [-0.2, -0.15) is 0 Å². The lowest BCUT2D eigenvalue weighted by molar-refractivity contribution is 0.0943. The molecular formula is C23H30N6O. The number of benzene rings is 1. The highest BCUT2D eigenvalue weighted by Crippen LogP contribution is 2.23. The number of piperazine rings is 1. The molecule has 2 aromatic heterocycles. The van der Waals surface area contributed by atoms with E-state index in [1.807, 2.05) is 12.1 Å². The lowest BCUT2D eigenvalue weighted by atomic mass is 10.1. The first kappa shape index (κ1) is 20.3. The SMILES string of the molecule is Cc1cccc(N2CCN(CCCCNC(=O)c3nc4ncccc4[nH]3)CC2)c1C. The molecule has 158 valence electrons. The van der Waals surface area contributed by atoms with Gasteiger partial charge in [-0.1, -0.05) is 12.1 Å². The number of carbonyl (C=O) groups excluding carboxylic acids is 1. The fraction of sp³-hybridized carbons (Fsp3) is 0.435. The summed E-state index contributed by atoms with van der Waals surface area (Å²) in [5.74, 6) is 0.154. The maximum Gasteiger partial charge on any atom is 0.287 e. The predicted octanol–water partition coefficient (Wildman–Crippen LogP) is 2.91. The number of aryl methyl sites for hydroxylation is 1. The van der Waals surface area contributed by atoms with Gasteiger partial charge in [0.2, 0.25) is 0 Å². The number of hydrogen-bond donors (Lipinski definition) is 2. The van der Waals surface area contributed by atoms with Gasteiger partial charge in [0, 0.05) is 44.6 Å². The normalized spacial score (nSPS) is 14.9. The van der Waals surface area contributed by atoms with Crippen LogP contribution in [0.4, 0.5) is 5.69 Å². The zero-order valence-electron chi connectivity index (χ0n) is 17.8. The summed E-state index contributed by atoms with van der Waals surface area (Å²) in [6.45, 7) is 10.4. The first-order chi connectivity index (χ1) is 14.6. The fourth-order valence-electron chi connectivity index (χ4n) is 3.99. The van der Waals surface area contributed by atoms with Crippen molar-refractivity contribution < 1.29 is 4.79 Å². The van der Waals surface area contributed by atoms with Crippen molar-refractivity contribution in [3.63, 3.8) is 0 Å². The van der Waals surface area contributed by atoms with Gasteiger partial charge in [0.05, 0.1) is 5.52 Å². The number of fused-ring (bicyclic) bond motifs is 1. The zero-order valence-corrected chi connectivity index (χ0v) is 17.8. The second kappa shape index (κ2) is 9.26. The minimum Gasteiger partial charge on any atom is -0.369 e. The van der Waals surface area contributed by atoms with E-state index < -0.39 is 0 Å². The van der Waals surface area contributed by atoms with Crippen molar-refractivity contribution in [1.29, 1.82) is 0 Å². The van der Waals surface area contributed by atoms with E-state index in [4.69, 9.17) is 0 Å². The maximum absolute atomic E-state index is 12.3. The Balaban J connectivity index is 1.15. The quantitative estimate of drug-likeness (QED) is 0.590. The molecule has 30 heavy (non-hydrogen) atoms. The maximum atomic E-state index is 12.3. The van der Waals surface area contributed by atoms with Crippen molar-refractivity contribution in [2.24, 2.45) is 0 Å². The molecule has 0 radical (unpaired) electrons.